The Hall–Kier alpha value is -1.26. The Morgan fingerprint density at radius 1 is 1.56 bits per heavy atom. The Kier molecular flexibility index (Phi) is 4.09. The molecule has 1 fully saturated rings. The number of halogens is 1. The molecule has 4 nitrogen and oxygen atoms in total. The summed E-state index contributed by atoms with van der Waals surface area (Å²) in [4.78, 5) is 14.0. The molecule has 1 aromatic carbocycles. The molecule has 0 radical (unpaired) electrons. The summed E-state index contributed by atoms with van der Waals surface area (Å²) in [5.41, 5.74) is 5.91. The maximum Gasteiger partial charge on any atom is 0.257 e. The standard InChI is InChI=1S/C13H17ClN2O2/c14-10-3-4-12(17)11(6-10)13(18)16-5-1-2-9(7-15)8-16/h3-4,6,9,17H,1-2,5,7-8,15H2. The number of nitrogens with zero attached hydrogens (tertiary/aromatic N) is 1. The van der Waals surface area contributed by atoms with Crippen molar-refractivity contribution in [2.24, 2.45) is 11.7 Å². The van der Waals surface area contributed by atoms with Crippen molar-refractivity contribution in [3.63, 3.8) is 0 Å². The summed E-state index contributed by atoms with van der Waals surface area (Å²) in [6, 6.07) is 4.51. The van der Waals surface area contributed by atoms with Gasteiger partial charge in [0.2, 0.25) is 0 Å². The van der Waals surface area contributed by atoms with Crippen molar-refractivity contribution in [3.8, 4) is 5.75 Å². The van der Waals surface area contributed by atoms with Crippen LogP contribution in [0.2, 0.25) is 5.02 Å². The highest BCUT2D eigenvalue weighted by Crippen LogP contribution is 2.25. The van der Waals surface area contributed by atoms with Gasteiger partial charge in [-0.25, -0.2) is 0 Å². The molecule has 0 saturated carbocycles. The van der Waals surface area contributed by atoms with E-state index in [1.807, 2.05) is 0 Å². The summed E-state index contributed by atoms with van der Waals surface area (Å²) in [6.45, 7) is 1.95. The Morgan fingerprint density at radius 2 is 2.33 bits per heavy atom. The van der Waals surface area contributed by atoms with Crippen molar-refractivity contribution < 1.29 is 9.90 Å². The van der Waals surface area contributed by atoms with E-state index < -0.39 is 0 Å². The third-order valence-electron chi connectivity index (χ3n) is 3.33. The Bertz CT molecular complexity index is 451. The fourth-order valence-electron chi connectivity index (χ4n) is 2.29. The molecule has 0 aromatic heterocycles. The van der Waals surface area contributed by atoms with Crippen molar-refractivity contribution >= 4 is 17.5 Å². The molecule has 1 saturated heterocycles. The predicted octanol–water partition coefficient (Wildman–Crippen LogP) is 1.86. The number of phenols is 1. The topological polar surface area (TPSA) is 66.6 Å². The minimum absolute atomic E-state index is 0.0285. The van der Waals surface area contributed by atoms with Crippen LogP contribution in [0.15, 0.2) is 18.2 Å². The van der Waals surface area contributed by atoms with E-state index in [2.05, 4.69) is 0 Å². The van der Waals surface area contributed by atoms with E-state index >= 15 is 0 Å². The fourth-order valence-corrected chi connectivity index (χ4v) is 2.46. The lowest BCUT2D eigenvalue weighted by atomic mass is 9.97. The monoisotopic (exact) mass is 268 g/mol. The maximum absolute atomic E-state index is 12.3. The number of nitrogens with two attached hydrogens (primary N) is 1. The third-order valence-corrected chi connectivity index (χ3v) is 3.56. The second-order valence-corrected chi connectivity index (χ2v) is 5.09. The molecule has 98 valence electrons. The summed E-state index contributed by atoms with van der Waals surface area (Å²) in [7, 11) is 0. The van der Waals surface area contributed by atoms with Crippen LogP contribution in [0.4, 0.5) is 0 Å². The number of carbonyl (C=O) groups is 1. The van der Waals surface area contributed by atoms with Crippen molar-refractivity contribution in [1.82, 2.24) is 4.90 Å². The number of hydrogen-bond acceptors (Lipinski definition) is 3. The number of hydrogen-bond donors (Lipinski definition) is 2. The van der Waals surface area contributed by atoms with Gasteiger partial charge in [-0.1, -0.05) is 11.6 Å². The van der Waals surface area contributed by atoms with Gasteiger partial charge in [0, 0.05) is 18.1 Å². The maximum atomic E-state index is 12.3. The lowest BCUT2D eigenvalue weighted by Crippen LogP contribution is -2.42. The zero-order valence-corrected chi connectivity index (χ0v) is 10.9. The molecule has 2 rings (SSSR count). The highest BCUT2D eigenvalue weighted by atomic mass is 35.5. The molecule has 1 aliphatic heterocycles. The van der Waals surface area contributed by atoms with Crippen LogP contribution in [-0.2, 0) is 0 Å². The summed E-state index contributed by atoms with van der Waals surface area (Å²) in [5, 5.41) is 10.2. The normalized spacial score (nSPS) is 19.9. The van der Waals surface area contributed by atoms with E-state index in [0.29, 0.717) is 30.6 Å². The highest BCUT2D eigenvalue weighted by molar-refractivity contribution is 6.31. The molecule has 1 heterocycles. The minimum atomic E-state index is -0.173. The van der Waals surface area contributed by atoms with Crippen molar-refractivity contribution in [2.45, 2.75) is 12.8 Å². The van der Waals surface area contributed by atoms with Gasteiger partial charge in [-0.2, -0.15) is 0 Å². The number of likely N-dealkylation sites (tertiary alicyclic amines) is 1. The van der Waals surface area contributed by atoms with Gasteiger partial charge in [0.25, 0.3) is 5.91 Å². The first-order valence-electron chi connectivity index (χ1n) is 6.09. The van der Waals surface area contributed by atoms with E-state index in [4.69, 9.17) is 17.3 Å². The summed E-state index contributed by atoms with van der Waals surface area (Å²) in [5.74, 6) is 0.149. The quantitative estimate of drug-likeness (QED) is 0.860. The smallest absolute Gasteiger partial charge is 0.257 e. The highest BCUT2D eigenvalue weighted by Gasteiger charge is 2.25. The van der Waals surface area contributed by atoms with Crippen LogP contribution in [0.5, 0.6) is 5.75 Å². The molecule has 1 aromatic rings. The number of rotatable bonds is 2. The average Bonchev–Trinajstić information content (AvgIpc) is 2.41. The Balaban J connectivity index is 2.17. The number of carbonyl (C=O) groups excluding carboxylic acids is 1. The van der Waals surface area contributed by atoms with Gasteiger partial charge in [0.1, 0.15) is 5.75 Å². The van der Waals surface area contributed by atoms with E-state index in [-0.39, 0.29) is 17.2 Å². The zero-order valence-electron chi connectivity index (χ0n) is 10.1. The molecule has 1 atom stereocenters. The lowest BCUT2D eigenvalue weighted by Gasteiger charge is -2.32. The van der Waals surface area contributed by atoms with E-state index in [9.17, 15) is 9.90 Å². The molecule has 0 bridgehead atoms. The molecule has 1 unspecified atom stereocenters. The Morgan fingerprint density at radius 3 is 3.06 bits per heavy atom. The molecular formula is C13H17ClN2O2. The Labute approximate surface area is 111 Å². The predicted molar refractivity (Wildman–Crippen MR) is 70.8 cm³/mol. The molecule has 1 amide bonds. The fraction of sp³-hybridized carbons (Fsp3) is 0.462. The first-order chi connectivity index (χ1) is 8.61. The van der Waals surface area contributed by atoms with E-state index in [1.165, 1.54) is 12.1 Å². The molecule has 0 spiro atoms. The van der Waals surface area contributed by atoms with Crippen LogP contribution in [0, 0.1) is 5.92 Å². The van der Waals surface area contributed by atoms with Gasteiger partial charge < -0.3 is 15.7 Å². The summed E-state index contributed by atoms with van der Waals surface area (Å²) >= 11 is 5.85. The van der Waals surface area contributed by atoms with Crippen LogP contribution >= 0.6 is 11.6 Å². The van der Waals surface area contributed by atoms with Crippen molar-refractivity contribution in [1.29, 1.82) is 0 Å². The van der Waals surface area contributed by atoms with E-state index in [1.54, 1.807) is 11.0 Å². The second kappa shape index (κ2) is 5.59. The molecular weight excluding hydrogens is 252 g/mol. The summed E-state index contributed by atoms with van der Waals surface area (Å²) in [6.07, 6.45) is 2.01. The van der Waals surface area contributed by atoms with Crippen LogP contribution in [0.1, 0.15) is 23.2 Å². The van der Waals surface area contributed by atoms with Crippen molar-refractivity contribution in [2.75, 3.05) is 19.6 Å². The van der Waals surface area contributed by atoms with Gasteiger partial charge in [0.05, 0.1) is 5.56 Å². The number of amides is 1. The first-order valence-corrected chi connectivity index (χ1v) is 6.47. The third kappa shape index (κ3) is 2.76. The molecule has 18 heavy (non-hydrogen) atoms. The van der Waals surface area contributed by atoms with Crippen LogP contribution < -0.4 is 5.73 Å². The number of benzene rings is 1. The number of phenolic OH excluding ortho intramolecular Hbond substituents is 1. The van der Waals surface area contributed by atoms with Gasteiger partial charge in [-0.05, 0) is 43.5 Å². The van der Waals surface area contributed by atoms with Gasteiger partial charge in [-0.3, -0.25) is 4.79 Å². The molecule has 3 N–H and O–H groups in total. The second-order valence-electron chi connectivity index (χ2n) is 4.66. The first kappa shape index (κ1) is 13.2. The average molecular weight is 269 g/mol. The van der Waals surface area contributed by atoms with Crippen LogP contribution in [-0.4, -0.2) is 35.5 Å². The number of piperidine rings is 1. The largest absolute Gasteiger partial charge is 0.507 e. The van der Waals surface area contributed by atoms with Gasteiger partial charge in [-0.15, -0.1) is 0 Å². The van der Waals surface area contributed by atoms with Gasteiger partial charge >= 0.3 is 0 Å². The minimum Gasteiger partial charge on any atom is -0.507 e. The summed E-state index contributed by atoms with van der Waals surface area (Å²) < 4.78 is 0. The lowest BCUT2D eigenvalue weighted by molar-refractivity contribution is 0.0675. The SMILES string of the molecule is NCC1CCCN(C(=O)c2cc(Cl)ccc2O)C1. The van der Waals surface area contributed by atoms with E-state index in [0.717, 1.165) is 12.8 Å². The zero-order chi connectivity index (χ0) is 13.1. The van der Waals surface area contributed by atoms with Crippen LogP contribution in [0.3, 0.4) is 0 Å². The van der Waals surface area contributed by atoms with Crippen LogP contribution in [0.25, 0.3) is 0 Å². The van der Waals surface area contributed by atoms with Gasteiger partial charge in [0.15, 0.2) is 0 Å². The number of aromatic hydroxyl groups is 1. The van der Waals surface area contributed by atoms with Crippen molar-refractivity contribution in [3.05, 3.63) is 28.8 Å². The molecule has 0 aliphatic carbocycles. The molecule has 1 aliphatic rings. The molecule has 5 heteroatoms.